The topological polar surface area (TPSA) is 49.4 Å². The largest absolute Gasteiger partial charge is 0.325 e. The van der Waals surface area contributed by atoms with Crippen LogP contribution in [0.5, 0.6) is 0 Å². The van der Waals surface area contributed by atoms with E-state index in [9.17, 15) is 14.0 Å². The van der Waals surface area contributed by atoms with Gasteiger partial charge in [-0.15, -0.1) is 0 Å². The quantitative estimate of drug-likeness (QED) is 0.939. The number of hydrogen-bond acceptors (Lipinski definition) is 2. The minimum Gasteiger partial charge on any atom is -0.325 e. The molecule has 0 spiro atoms. The van der Waals surface area contributed by atoms with Crippen molar-refractivity contribution in [1.29, 1.82) is 0 Å². The number of benzene rings is 2. The van der Waals surface area contributed by atoms with E-state index in [0.717, 1.165) is 0 Å². The predicted octanol–water partition coefficient (Wildman–Crippen LogP) is 2.82. The number of rotatable bonds is 4. The second kappa shape index (κ2) is 6.65. The van der Waals surface area contributed by atoms with Gasteiger partial charge in [-0.3, -0.25) is 9.59 Å². The van der Waals surface area contributed by atoms with Crippen LogP contribution in [-0.4, -0.2) is 18.4 Å². The van der Waals surface area contributed by atoms with Crippen LogP contribution in [0.15, 0.2) is 54.6 Å². The van der Waals surface area contributed by atoms with E-state index in [-0.39, 0.29) is 18.4 Å². The van der Waals surface area contributed by atoms with Crippen LogP contribution in [0.3, 0.4) is 0 Å². The summed E-state index contributed by atoms with van der Waals surface area (Å²) in [6.07, 6.45) is 0. The first-order valence-corrected chi connectivity index (χ1v) is 6.45. The summed E-state index contributed by atoms with van der Waals surface area (Å²) in [6, 6.07) is 14.5. The summed E-state index contributed by atoms with van der Waals surface area (Å²) in [5, 5.41) is 2.69. The van der Waals surface area contributed by atoms with E-state index >= 15 is 0 Å². The Kier molecular flexibility index (Phi) is 4.66. The molecule has 0 atom stereocenters. The van der Waals surface area contributed by atoms with Gasteiger partial charge in [-0.2, -0.15) is 0 Å². The third kappa shape index (κ3) is 4.14. The highest BCUT2D eigenvalue weighted by Gasteiger charge is 2.16. The molecular formula is C16H15FN2O2. The Bertz CT molecular complexity index is 644. The van der Waals surface area contributed by atoms with Gasteiger partial charge in [0.25, 0.3) is 0 Å². The maximum Gasteiger partial charge on any atom is 0.244 e. The maximum absolute atomic E-state index is 13.2. The molecule has 0 aliphatic rings. The molecule has 2 aromatic rings. The van der Waals surface area contributed by atoms with Gasteiger partial charge >= 0.3 is 0 Å². The van der Waals surface area contributed by atoms with Gasteiger partial charge in [-0.1, -0.05) is 24.3 Å². The zero-order chi connectivity index (χ0) is 15.2. The lowest BCUT2D eigenvalue weighted by atomic mass is 10.2. The van der Waals surface area contributed by atoms with E-state index in [1.165, 1.54) is 30.0 Å². The molecule has 1 N–H and O–H groups in total. The lowest BCUT2D eigenvalue weighted by Crippen LogP contribution is -2.36. The van der Waals surface area contributed by atoms with Crippen molar-refractivity contribution in [3.63, 3.8) is 0 Å². The second-order valence-electron chi connectivity index (χ2n) is 4.50. The first-order valence-electron chi connectivity index (χ1n) is 6.45. The zero-order valence-corrected chi connectivity index (χ0v) is 11.5. The molecule has 108 valence electrons. The fraction of sp³-hybridized carbons (Fsp3) is 0.125. The molecule has 0 heterocycles. The molecule has 0 saturated heterocycles. The molecular weight excluding hydrogens is 271 g/mol. The van der Waals surface area contributed by atoms with E-state index in [0.29, 0.717) is 11.4 Å². The highest BCUT2D eigenvalue weighted by molar-refractivity contribution is 6.01. The fourth-order valence-electron chi connectivity index (χ4n) is 1.89. The Morgan fingerprint density at radius 2 is 1.81 bits per heavy atom. The summed E-state index contributed by atoms with van der Waals surface area (Å²) in [7, 11) is 0. The van der Waals surface area contributed by atoms with Crippen molar-refractivity contribution in [2.24, 2.45) is 0 Å². The second-order valence-corrected chi connectivity index (χ2v) is 4.50. The first-order chi connectivity index (χ1) is 10.1. The van der Waals surface area contributed by atoms with Crippen LogP contribution in [-0.2, 0) is 9.59 Å². The molecule has 0 aromatic heterocycles. The van der Waals surface area contributed by atoms with Crippen molar-refractivity contribution in [2.45, 2.75) is 6.92 Å². The Hall–Kier alpha value is -2.69. The number of halogens is 1. The fourth-order valence-corrected chi connectivity index (χ4v) is 1.89. The van der Waals surface area contributed by atoms with Gasteiger partial charge in [0.1, 0.15) is 12.4 Å². The SMILES string of the molecule is CC(=O)N(CC(=O)Nc1ccccc1)c1cccc(F)c1. The average molecular weight is 286 g/mol. The van der Waals surface area contributed by atoms with Crippen LogP contribution in [0.4, 0.5) is 15.8 Å². The molecule has 0 aliphatic heterocycles. The Morgan fingerprint density at radius 1 is 1.10 bits per heavy atom. The molecule has 0 fully saturated rings. The van der Waals surface area contributed by atoms with Gasteiger partial charge in [0.2, 0.25) is 11.8 Å². The van der Waals surface area contributed by atoms with Crippen molar-refractivity contribution < 1.29 is 14.0 Å². The molecule has 4 nitrogen and oxygen atoms in total. The standard InChI is InChI=1S/C16H15FN2O2/c1-12(20)19(15-9-5-6-13(17)10-15)11-16(21)18-14-7-3-2-4-8-14/h2-10H,11H2,1H3,(H,18,21). The van der Waals surface area contributed by atoms with Crippen LogP contribution < -0.4 is 10.2 Å². The van der Waals surface area contributed by atoms with Gasteiger partial charge in [0.15, 0.2) is 0 Å². The minimum absolute atomic E-state index is 0.173. The summed E-state index contributed by atoms with van der Waals surface area (Å²) < 4.78 is 13.2. The maximum atomic E-state index is 13.2. The molecule has 2 rings (SSSR count). The summed E-state index contributed by atoms with van der Waals surface area (Å²) in [5.74, 6) is -1.13. The van der Waals surface area contributed by atoms with E-state index in [2.05, 4.69) is 5.32 Å². The smallest absolute Gasteiger partial charge is 0.244 e. The first kappa shape index (κ1) is 14.7. The van der Waals surface area contributed by atoms with Crippen molar-refractivity contribution in [3.8, 4) is 0 Å². The van der Waals surface area contributed by atoms with Crippen LogP contribution >= 0.6 is 0 Å². The molecule has 0 aliphatic carbocycles. The molecule has 0 bridgehead atoms. The van der Waals surface area contributed by atoms with Gasteiger partial charge in [0, 0.05) is 18.3 Å². The monoisotopic (exact) mass is 286 g/mol. The van der Waals surface area contributed by atoms with Gasteiger partial charge in [0.05, 0.1) is 0 Å². The molecule has 2 amide bonds. The number of anilines is 2. The highest BCUT2D eigenvalue weighted by Crippen LogP contribution is 2.16. The summed E-state index contributed by atoms with van der Waals surface area (Å²) >= 11 is 0. The summed E-state index contributed by atoms with van der Waals surface area (Å²) in [6.45, 7) is 1.16. The molecule has 0 saturated carbocycles. The highest BCUT2D eigenvalue weighted by atomic mass is 19.1. The molecule has 5 heteroatoms. The molecule has 0 unspecified atom stereocenters. The van der Waals surface area contributed by atoms with Crippen molar-refractivity contribution in [1.82, 2.24) is 0 Å². The lowest BCUT2D eigenvalue weighted by Gasteiger charge is -2.20. The molecule has 0 radical (unpaired) electrons. The van der Waals surface area contributed by atoms with Gasteiger partial charge in [-0.05, 0) is 30.3 Å². The van der Waals surface area contributed by atoms with Crippen molar-refractivity contribution >= 4 is 23.2 Å². The minimum atomic E-state index is -0.456. The van der Waals surface area contributed by atoms with E-state index < -0.39 is 5.82 Å². The van der Waals surface area contributed by atoms with E-state index in [1.54, 1.807) is 30.3 Å². The van der Waals surface area contributed by atoms with E-state index in [4.69, 9.17) is 0 Å². The predicted molar refractivity (Wildman–Crippen MR) is 79.5 cm³/mol. The summed E-state index contributed by atoms with van der Waals surface area (Å²) in [4.78, 5) is 24.9. The lowest BCUT2D eigenvalue weighted by molar-refractivity contribution is -0.120. The number of hydrogen-bond donors (Lipinski definition) is 1. The van der Waals surface area contributed by atoms with Crippen LogP contribution in [0, 0.1) is 5.82 Å². The molecule has 2 aromatic carbocycles. The van der Waals surface area contributed by atoms with Crippen molar-refractivity contribution in [3.05, 3.63) is 60.4 Å². The van der Waals surface area contributed by atoms with Crippen LogP contribution in [0.1, 0.15) is 6.92 Å². The van der Waals surface area contributed by atoms with Crippen LogP contribution in [0.2, 0.25) is 0 Å². The number of carbonyl (C=O) groups excluding carboxylic acids is 2. The Labute approximate surface area is 122 Å². The summed E-state index contributed by atoms with van der Waals surface area (Å²) in [5.41, 5.74) is 0.996. The van der Waals surface area contributed by atoms with Crippen LogP contribution in [0.25, 0.3) is 0 Å². The third-order valence-corrected chi connectivity index (χ3v) is 2.86. The zero-order valence-electron chi connectivity index (χ0n) is 11.5. The number of amides is 2. The third-order valence-electron chi connectivity index (χ3n) is 2.86. The normalized spacial score (nSPS) is 10.0. The Balaban J connectivity index is 2.10. The number of carbonyl (C=O) groups is 2. The molecule has 21 heavy (non-hydrogen) atoms. The Morgan fingerprint density at radius 3 is 2.43 bits per heavy atom. The van der Waals surface area contributed by atoms with Crippen molar-refractivity contribution in [2.75, 3.05) is 16.8 Å². The number of nitrogens with zero attached hydrogens (tertiary/aromatic N) is 1. The van der Waals surface area contributed by atoms with Gasteiger partial charge in [-0.25, -0.2) is 4.39 Å². The van der Waals surface area contributed by atoms with E-state index in [1.807, 2.05) is 6.07 Å². The number of nitrogens with one attached hydrogen (secondary N) is 1. The van der Waals surface area contributed by atoms with Gasteiger partial charge < -0.3 is 10.2 Å². The number of para-hydroxylation sites is 1. The average Bonchev–Trinajstić information content (AvgIpc) is 2.45.